The number of carboxylic acids is 1. The molecule has 17 heavy (non-hydrogen) atoms. The van der Waals surface area contributed by atoms with Crippen LogP contribution in [0, 0.1) is 6.92 Å². The molecule has 1 aromatic carbocycles. The van der Waals surface area contributed by atoms with Crippen LogP contribution in [-0.2, 0) is 10.2 Å². The number of rotatable bonds is 2. The molecule has 1 saturated carbocycles. The van der Waals surface area contributed by atoms with Crippen molar-refractivity contribution in [1.29, 1.82) is 0 Å². The molecule has 1 aliphatic carbocycles. The number of benzene rings is 1. The fraction of sp³-hybridized carbons (Fsp3) is 0.500. The minimum atomic E-state index is -0.763. The Morgan fingerprint density at radius 2 is 1.94 bits per heavy atom. The largest absolute Gasteiger partial charge is 0.481 e. The predicted octanol–water partition coefficient (Wildman–Crippen LogP) is 3.93. The van der Waals surface area contributed by atoms with Crippen molar-refractivity contribution in [3.8, 4) is 0 Å². The predicted molar refractivity (Wildman–Crippen MR) is 68.6 cm³/mol. The Morgan fingerprint density at radius 3 is 2.53 bits per heavy atom. The van der Waals surface area contributed by atoms with Crippen molar-refractivity contribution >= 4 is 17.6 Å². The van der Waals surface area contributed by atoms with Gasteiger partial charge < -0.3 is 5.11 Å². The number of carboxylic acid groups (broad SMARTS) is 1. The van der Waals surface area contributed by atoms with Crippen molar-refractivity contribution in [2.24, 2.45) is 0 Å². The van der Waals surface area contributed by atoms with E-state index in [0.29, 0.717) is 17.9 Å². The van der Waals surface area contributed by atoms with E-state index in [9.17, 15) is 9.90 Å². The van der Waals surface area contributed by atoms with Crippen molar-refractivity contribution in [2.45, 2.75) is 44.4 Å². The van der Waals surface area contributed by atoms with E-state index in [1.807, 2.05) is 25.1 Å². The van der Waals surface area contributed by atoms with Gasteiger partial charge in [-0.05, 0) is 30.9 Å². The molecule has 0 spiro atoms. The molecule has 0 radical (unpaired) electrons. The van der Waals surface area contributed by atoms with Gasteiger partial charge in [0, 0.05) is 5.02 Å². The Morgan fingerprint density at radius 1 is 1.29 bits per heavy atom. The lowest BCUT2D eigenvalue weighted by Gasteiger charge is -2.34. The highest BCUT2D eigenvalue weighted by molar-refractivity contribution is 6.32. The number of carbonyl (C=O) groups is 1. The first-order valence-electron chi connectivity index (χ1n) is 6.07. The van der Waals surface area contributed by atoms with Crippen molar-refractivity contribution in [3.63, 3.8) is 0 Å². The molecule has 2 nitrogen and oxygen atoms in total. The summed E-state index contributed by atoms with van der Waals surface area (Å²) in [7, 11) is 0. The molecule has 1 fully saturated rings. The smallest absolute Gasteiger partial charge is 0.314 e. The highest BCUT2D eigenvalue weighted by Gasteiger charge is 2.42. The molecule has 0 aromatic heterocycles. The first kappa shape index (κ1) is 12.4. The lowest BCUT2D eigenvalue weighted by molar-refractivity contribution is -0.145. The van der Waals surface area contributed by atoms with Gasteiger partial charge >= 0.3 is 5.97 Å². The highest BCUT2D eigenvalue weighted by Crippen LogP contribution is 2.43. The molecule has 0 atom stereocenters. The van der Waals surface area contributed by atoms with Crippen LogP contribution in [0.15, 0.2) is 18.2 Å². The molecule has 0 unspecified atom stereocenters. The van der Waals surface area contributed by atoms with E-state index in [4.69, 9.17) is 11.6 Å². The van der Waals surface area contributed by atoms with Crippen LogP contribution in [0.2, 0.25) is 5.02 Å². The third-order valence-corrected chi connectivity index (χ3v) is 4.33. The number of hydrogen-bond acceptors (Lipinski definition) is 1. The lowest BCUT2D eigenvalue weighted by Crippen LogP contribution is -2.38. The lowest BCUT2D eigenvalue weighted by atomic mass is 9.69. The number of hydrogen-bond donors (Lipinski definition) is 1. The van der Waals surface area contributed by atoms with E-state index in [2.05, 4.69) is 0 Å². The topological polar surface area (TPSA) is 37.3 Å². The molecular formula is C14H17ClO2. The summed E-state index contributed by atoms with van der Waals surface area (Å²) in [5, 5.41) is 10.2. The first-order chi connectivity index (χ1) is 8.08. The zero-order chi connectivity index (χ0) is 12.5. The Balaban J connectivity index is 2.53. The Bertz CT molecular complexity index is 434. The van der Waals surface area contributed by atoms with Crippen molar-refractivity contribution in [2.75, 3.05) is 0 Å². The summed E-state index contributed by atoms with van der Waals surface area (Å²) in [5.41, 5.74) is 0.989. The molecule has 0 bridgehead atoms. The number of aryl methyl sites for hydroxylation is 1. The van der Waals surface area contributed by atoms with Crippen LogP contribution in [0.4, 0.5) is 0 Å². The maximum atomic E-state index is 11.7. The quantitative estimate of drug-likeness (QED) is 0.866. The van der Waals surface area contributed by atoms with Crippen LogP contribution in [0.5, 0.6) is 0 Å². The van der Waals surface area contributed by atoms with E-state index in [-0.39, 0.29) is 0 Å². The van der Waals surface area contributed by atoms with E-state index in [0.717, 1.165) is 30.4 Å². The maximum Gasteiger partial charge on any atom is 0.314 e. The molecule has 92 valence electrons. The van der Waals surface area contributed by atoms with Gasteiger partial charge in [-0.1, -0.05) is 49.1 Å². The Labute approximate surface area is 107 Å². The molecule has 0 amide bonds. The Hall–Kier alpha value is -1.02. The first-order valence-corrected chi connectivity index (χ1v) is 6.45. The molecule has 1 aliphatic rings. The Kier molecular flexibility index (Phi) is 3.43. The van der Waals surface area contributed by atoms with E-state index in [1.165, 1.54) is 0 Å². The molecule has 3 heteroatoms. The zero-order valence-electron chi connectivity index (χ0n) is 10.0. The minimum absolute atomic E-state index is 0.622. The average molecular weight is 253 g/mol. The van der Waals surface area contributed by atoms with Crippen molar-refractivity contribution in [1.82, 2.24) is 0 Å². The molecular weight excluding hydrogens is 236 g/mol. The van der Waals surface area contributed by atoms with Crippen LogP contribution in [0.3, 0.4) is 0 Å². The third-order valence-electron chi connectivity index (χ3n) is 3.82. The molecule has 0 aliphatic heterocycles. The van der Waals surface area contributed by atoms with Gasteiger partial charge in [-0.15, -0.1) is 0 Å². The zero-order valence-corrected chi connectivity index (χ0v) is 10.8. The monoisotopic (exact) mass is 252 g/mol. The van der Waals surface area contributed by atoms with Gasteiger partial charge in [-0.3, -0.25) is 4.79 Å². The summed E-state index contributed by atoms with van der Waals surface area (Å²) in [5.74, 6) is -0.732. The summed E-state index contributed by atoms with van der Waals surface area (Å²) in [6, 6.07) is 5.69. The number of aliphatic carboxylic acids is 1. The fourth-order valence-corrected chi connectivity index (χ4v) is 3.08. The van der Waals surface area contributed by atoms with E-state index < -0.39 is 11.4 Å². The second-order valence-electron chi connectivity index (χ2n) is 4.88. The van der Waals surface area contributed by atoms with Crippen LogP contribution in [-0.4, -0.2) is 11.1 Å². The normalized spacial score (nSPS) is 18.9. The van der Waals surface area contributed by atoms with E-state index >= 15 is 0 Å². The van der Waals surface area contributed by atoms with Gasteiger partial charge in [0.1, 0.15) is 0 Å². The summed E-state index contributed by atoms with van der Waals surface area (Å²) >= 11 is 6.30. The SMILES string of the molecule is Cc1cccc(C2(C(=O)O)CCCCC2)c1Cl. The van der Waals surface area contributed by atoms with Gasteiger partial charge in [0.15, 0.2) is 0 Å². The number of halogens is 1. The van der Waals surface area contributed by atoms with Gasteiger partial charge in [0.2, 0.25) is 0 Å². The van der Waals surface area contributed by atoms with Crippen molar-refractivity contribution in [3.05, 3.63) is 34.3 Å². The summed E-state index contributed by atoms with van der Waals surface area (Å²) < 4.78 is 0. The molecule has 0 saturated heterocycles. The second kappa shape index (κ2) is 4.69. The summed E-state index contributed by atoms with van der Waals surface area (Å²) in [6.45, 7) is 1.92. The fourth-order valence-electron chi connectivity index (χ4n) is 2.77. The molecule has 0 heterocycles. The molecule has 1 N–H and O–H groups in total. The van der Waals surface area contributed by atoms with E-state index in [1.54, 1.807) is 0 Å². The van der Waals surface area contributed by atoms with Crippen LogP contribution in [0.25, 0.3) is 0 Å². The minimum Gasteiger partial charge on any atom is -0.481 e. The highest BCUT2D eigenvalue weighted by atomic mass is 35.5. The van der Waals surface area contributed by atoms with Gasteiger partial charge in [-0.2, -0.15) is 0 Å². The molecule has 1 aromatic rings. The van der Waals surface area contributed by atoms with Gasteiger partial charge in [0.25, 0.3) is 0 Å². The van der Waals surface area contributed by atoms with Gasteiger partial charge in [0.05, 0.1) is 5.41 Å². The van der Waals surface area contributed by atoms with Crippen LogP contribution in [0.1, 0.15) is 43.2 Å². The summed E-state index contributed by atoms with van der Waals surface area (Å²) in [4.78, 5) is 11.7. The van der Waals surface area contributed by atoms with Crippen LogP contribution >= 0.6 is 11.6 Å². The second-order valence-corrected chi connectivity index (χ2v) is 5.26. The summed E-state index contributed by atoms with van der Waals surface area (Å²) in [6.07, 6.45) is 4.46. The van der Waals surface area contributed by atoms with Gasteiger partial charge in [-0.25, -0.2) is 0 Å². The maximum absolute atomic E-state index is 11.7. The molecule has 2 rings (SSSR count). The third kappa shape index (κ3) is 2.06. The van der Waals surface area contributed by atoms with Crippen LogP contribution < -0.4 is 0 Å². The standard InChI is InChI=1S/C14H17ClO2/c1-10-6-5-7-11(12(10)15)14(13(16)17)8-3-2-4-9-14/h5-7H,2-4,8-9H2,1H3,(H,16,17). The van der Waals surface area contributed by atoms with Crippen molar-refractivity contribution < 1.29 is 9.90 Å². The average Bonchev–Trinajstić information content (AvgIpc) is 2.33.